The molecule has 2 rings (SSSR count). The molecule has 2 aliphatic rings. The van der Waals surface area contributed by atoms with E-state index in [1.807, 2.05) is 0 Å². The molecule has 4 nitrogen and oxygen atoms in total. The fourth-order valence-electron chi connectivity index (χ4n) is 1.41. The second-order valence-corrected chi connectivity index (χ2v) is 6.10. The summed E-state index contributed by atoms with van der Waals surface area (Å²) in [4.78, 5) is 0. The quantitative estimate of drug-likeness (QED) is 0.691. The molecule has 1 saturated carbocycles. The van der Waals surface area contributed by atoms with Crippen molar-refractivity contribution in [2.75, 3.05) is 19.7 Å². The summed E-state index contributed by atoms with van der Waals surface area (Å²) in [7, 11) is -5.20. The van der Waals surface area contributed by atoms with Crippen LogP contribution in [0.1, 0.15) is 12.8 Å². The molecular formula is C8H12F3NO3S. The second-order valence-electron chi connectivity index (χ2n) is 4.17. The maximum absolute atomic E-state index is 12.4. The van der Waals surface area contributed by atoms with Crippen molar-refractivity contribution in [2.24, 2.45) is 5.92 Å². The van der Waals surface area contributed by atoms with Crippen LogP contribution in [0.3, 0.4) is 0 Å². The van der Waals surface area contributed by atoms with Crippen molar-refractivity contribution in [2.45, 2.75) is 24.5 Å². The van der Waals surface area contributed by atoms with Gasteiger partial charge in [-0.05, 0) is 18.8 Å². The first-order valence-electron chi connectivity index (χ1n) is 4.99. The molecule has 1 saturated heterocycles. The lowest BCUT2D eigenvalue weighted by molar-refractivity contribution is -0.0491. The fourth-order valence-corrected chi connectivity index (χ4v) is 2.47. The van der Waals surface area contributed by atoms with Crippen molar-refractivity contribution >= 4 is 10.0 Å². The lowest BCUT2D eigenvalue weighted by Gasteiger charge is -2.22. The summed E-state index contributed by atoms with van der Waals surface area (Å²) in [6.45, 7) is 0.120. The highest BCUT2D eigenvalue weighted by Gasteiger charge is 2.51. The number of alkyl halides is 3. The predicted molar refractivity (Wildman–Crippen MR) is 49.0 cm³/mol. The molecule has 0 unspecified atom stereocenters. The van der Waals surface area contributed by atoms with Gasteiger partial charge >= 0.3 is 15.5 Å². The highest BCUT2D eigenvalue weighted by Crippen LogP contribution is 2.34. The summed E-state index contributed by atoms with van der Waals surface area (Å²) in [5.74, 6) is 0.0795. The molecule has 1 atom stereocenters. The molecule has 0 aromatic heterocycles. The molecule has 0 spiro atoms. The van der Waals surface area contributed by atoms with Crippen molar-refractivity contribution < 1.29 is 26.3 Å². The topological polar surface area (TPSA) is 49.9 Å². The number of halogens is 3. The smallest absolute Gasteiger partial charge is 0.372 e. The molecule has 16 heavy (non-hydrogen) atoms. The van der Waals surface area contributed by atoms with Crippen LogP contribution in [0.15, 0.2) is 0 Å². The van der Waals surface area contributed by atoms with Gasteiger partial charge in [-0.1, -0.05) is 0 Å². The van der Waals surface area contributed by atoms with Crippen molar-refractivity contribution in [1.29, 1.82) is 0 Å². The predicted octanol–water partition coefficient (Wildman–Crippen LogP) is 0.947. The molecule has 94 valence electrons. The van der Waals surface area contributed by atoms with Crippen LogP contribution in [-0.2, 0) is 14.8 Å². The van der Waals surface area contributed by atoms with Gasteiger partial charge in [-0.2, -0.15) is 17.5 Å². The Morgan fingerprint density at radius 3 is 2.19 bits per heavy atom. The summed E-state index contributed by atoms with van der Waals surface area (Å²) < 4.78 is 64.8. The highest BCUT2D eigenvalue weighted by atomic mass is 32.2. The number of ether oxygens (including phenoxy) is 1. The number of nitrogens with zero attached hydrogens (tertiary/aromatic N) is 1. The van der Waals surface area contributed by atoms with E-state index in [-0.39, 0.29) is 25.1 Å². The Morgan fingerprint density at radius 1 is 1.25 bits per heavy atom. The number of hydrogen-bond acceptors (Lipinski definition) is 3. The molecule has 1 heterocycles. The number of epoxide rings is 1. The summed E-state index contributed by atoms with van der Waals surface area (Å²) in [6.07, 6.45) is 1.24. The Balaban J connectivity index is 2.08. The molecule has 0 radical (unpaired) electrons. The van der Waals surface area contributed by atoms with Crippen LogP contribution in [0.4, 0.5) is 13.2 Å². The van der Waals surface area contributed by atoms with Gasteiger partial charge in [-0.25, -0.2) is 8.42 Å². The summed E-state index contributed by atoms with van der Waals surface area (Å²) in [5, 5.41) is 0. The number of rotatable bonds is 5. The van der Waals surface area contributed by atoms with Gasteiger partial charge < -0.3 is 4.74 Å². The van der Waals surface area contributed by atoms with Gasteiger partial charge in [0.1, 0.15) is 0 Å². The van der Waals surface area contributed by atoms with E-state index in [1.54, 1.807) is 0 Å². The van der Waals surface area contributed by atoms with Gasteiger partial charge in [0, 0.05) is 13.1 Å². The van der Waals surface area contributed by atoms with E-state index >= 15 is 0 Å². The Bertz CT molecular complexity index is 345. The van der Waals surface area contributed by atoms with Crippen molar-refractivity contribution in [3.05, 3.63) is 0 Å². The first kappa shape index (κ1) is 12.1. The zero-order valence-electron chi connectivity index (χ0n) is 8.40. The minimum absolute atomic E-state index is 0.0400. The van der Waals surface area contributed by atoms with E-state index in [9.17, 15) is 21.6 Å². The normalized spacial score (nSPS) is 26.1. The SMILES string of the molecule is O=S(=O)(N(CC1CC1)C[C@H]1CO1)C(F)(F)F. The van der Waals surface area contributed by atoms with Crippen LogP contribution in [-0.4, -0.2) is 44.0 Å². The number of sulfonamides is 1. The van der Waals surface area contributed by atoms with Crippen molar-refractivity contribution in [3.63, 3.8) is 0 Å². The minimum atomic E-state index is -5.21. The third-order valence-corrected chi connectivity index (χ3v) is 4.16. The molecule has 0 amide bonds. The van der Waals surface area contributed by atoms with Crippen LogP contribution >= 0.6 is 0 Å². The van der Waals surface area contributed by atoms with E-state index in [2.05, 4.69) is 0 Å². The van der Waals surface area contributed by atoms with Crippen LogP contribution < -0.4 is 0 Å². The van der Waals surface area contributed by atoms with Gasteiger partial charge in [-0.3, -0.25) is 0 Å². The van der Waals surface area contributed by atoms with Crippen molar-refractivity contribution in [3.8, 4) is 0 Å². The maximum Gasteiger partial charge on any atom is 0.511 e. The molecule has 2 fully saturated rings. The molecule has 8 heteroatoms. The van der Waals surface area contributed by atoms with E-state index in [0.29, 0.717) is 10.9 Å². The maximum atomic E-state index is 12.4. The molecule has 0 bridgehead atoms. The largest absolute Gasteiger partial charge is 0.511 e. The fraction of sp³-hybridized carbons (Fsp3) is 1.00. The Hall–Kier alpha value is -0.340. The molecule has 1 aliphatic carbocycles. The monoisotopic (exact) mass is 259 g/mol. The molecule has 0 aromatic carbocycles. The van der Waals surface area contributed by atoms with Gasteiger partial charge in [0.15, 0.2) is 0 Å². The third kappa shape index (κ3) is 2.67. The molecule has 0 aromatic rings. The Morgan fingerprint density at radius 2 is 1.81 bits per heavy atom. The van der Waals surface area contributed by atoms with Crippen molar-refractivity contribution in [1.82, 2.24) is 4.31 Å². The lowest BCUT2D eigenvalue weighted by Crippen LogP contribution is -2.43. The second kappa shape index (κ2) is 3.85. The van der Waals surface area contributed by atoms with Crippen LogP contribution in [0, 0.1) is 5.92 Å². The van der Waals surface area contributed by atoms with E-state index in [1.165, 1.54) is 0 Å². The first-order chi connectivity index (χ1) is 7.30. The highest BCUT2D eigenvalue weighted by molar-refractivity contribution is 7.90. The zero-order chi connectivity index (χ0) is 12.0. The minimum Gasteiger partial charge on any atom is -0.372 e. The van der Waals surface area contributed by atoms with Crippen LogP contribution in [0.5, 0.6) is 0 Å². The van der Waals surface area contributed by atoms with E-state index in [0.717, 1.165) is 12.8 Å². The molecule has 1 aliphatic heterocycles. The summed E-state index contributed by atoms with van der Waals surface area (Å²) >= 11 is 0. The average Bonchev–Trinajstić information content (AvgIpc) is 2.94. The first-order valence-corrected chi connectivity index (χ1v) is 6.43. The van der Waals surface area contributed by atoms with Gasteiger partial charge in [0.2, 0.25) is 0 Å². The van der Waals surface area contributed by atoms with Gasteiger partial charge in [-0.15, -0.1) is 0 Å². The third-order valence-electron chi connectivity index (χ3n) is 2.60. The number of hydrogen-bond donors (Lipinski definition) is 0. The average molecular weight is 259 g/mol. The van der Waals surface area contributed by atoms with Crippen LogP contribution in [0.25, 0.3) is 0 Å². The zero-order valence-corrected chi connectivity index (χ0v) is 9.22. The van der Waals surface area contributed by atoms with E-state index in [4.69, 9.17) is 4.74 Å². The van der Waals surface area contributed by atoms with Gasteiger partial charge in [0.05, 0.1) is 12.7 Å². The molecular weight excluding hydrogens is 247 g/mol. The molecule has 0 N–H and O–H groups in total. The summed E-state index contributed by atoms with van der Waals surface area (Å²) in [5.41, 5.74) is -5.21. The lowest BCUT2D eigenvalue weighted by atomic mass is 10.4. The van der Waals surface area contributed by atoms with Crippen LogP contribution in [0.2, 0.25) is 0 Å². The Labute approximate surface area is 91.4 Å². The van der Waals surface area contributed by atoms with Gasteiger partial charge in [0.25, 0.3) is 0 Å². The van der Waals surface area contributed by atoms with E-state index < -0.39 is 15.5 Å². The summed E-state index contributed by atoms with van der Waals surface area (Å²) in [6, 6.07) is 0. The standard InChI is InChI=1S/C8H12F3NO3S/c9-8(10,11)16(13,14)12(3-6-1-2-6)4-7-5-15-7/h6-7H,1-5H2/t7-/m0/s1. The Kier molecular flexibility index (Phi) is 2.92.